The topological polar surface area (TPSA) is 58.9 Å². The lowest BCUT2D eigenvalue weighted by Crippen LogP contribution is -2.34. The highest BCUT2D eigenvalue weighted by molar-refractivity contribution is 5.26. The summed E-state index contributed by atoms with van der Waals surface area (Å²) in [5, 5.41) is 18.6. The highest BCUT2D eigenvalue weighted by atomic mass is 19.4. The van der Waals surface area contributed by atoms with Gasteiger partial charge in [0.15, 0.2) is 0 Å². The Morgan fingerprint density at radius 2 is 2.05 bits per heavy atom. The second-order valence-corrected chi connectivity index (χ2v) is 4.70. The van der Waals surface area contributed by atoms with E-state index in [1.165, 1.54) is 0 Å². The van der Waals surface area contributed by atoms with Crippen LogP contribution in [-0.2, 0) is 22.3 Å². The number of aliphatic hydroxyl groups is 2. The standard InChI is InChI=1S/C13H14F4O4/c14-9-3-8(13(15,16)17)2-1-7(9)5-20-11-6-21-10(4-18)12(11)19/h1-3,10-12,18-19H,4-6H2/t10-,11+,12-/m1/s1. The molecule has 3 atom stereocenters. The smallest absolute Gasteiger partial charge is 0.394 e. The Morgan fingerprint density at radius 3 is 2.57 bits per heavy atom. The van der Waals surface area contributed by atoms with Gasteiger partial charge in [0.05, 0.1) is 25.4 Å². The van der Waals surface area contributed by atoms with Gasteiger partial charge in [-0.3, -0.25) is 0 Å². The molecule has 0 saturated carbocycles. The quantitative estimate of drug-likeness (QED) is 0.827. The lowest BCUT2D eigenvalue weighted by molar-refractivity contribution is -0.137. The van der Waals surface area contributed by atoms with E-state index in [9.17, 15) is 22.7 Å². The van der Waals surface area contributed by atoms with Crippen LogP contribution in [0.5, 0.6) is 0 Å². The van der Waals surface area contributed by atoms with Crippen molar-refractivity contribution < 1.29 is 37.2 Å². The van der Waals surface area contributed by atoms with Crippen molar-refractivity contribution in [2.75, 3.05) is 13.2 Å². The van der Waals surface area contributed by atoms with E-state index in [0.29, 0.717) is 6.07 Å². The lowest BCUT2D eigenvalue weighted by atomic mass is 10.1. The van der Waals surface area contributed by atoms with Gasteiger partial charge in [-0.1, -0.05) is 6.07 Å². The number of hydrogen-bond donors (Lipinski definition) is 2. The number of benzene rings is 1. The number of halogens is 4. The van der Waals surface area contributed by atoms with Crippen LogP contribution >= 0.6 is 0 Å². The molecular weight excluding hydrogens is 296 g/mol. The van der Waals surface area contributed by atoms with Crippen LogP contribution < -0.4 is 0 Å². The van der Waals surface area contributed by atoms with Gasteiger partial charge in [0.2, 0.25) is 0 Å². The molecule has 0 bridgehead atoms. The molecule has 0 spiro atoms. The summed E-state index contributed by atoms with van der Waals surface area (Å²) in [5.74, 6) is -1.03. The molecule has 1 aliphatic rings. The van der Waals surface area contributed by atoms with Crippen molar-refractivity contribution in [3.8, 4) is 0 Å². The molecule has 1 heterocycles. The number of alkyl halides is 3. The molecule has 118 valence electrons. The van der Waals surface area contributed by atoms with Crippen LogP contribution in [0.2, 0.25) is 0 Å². The third kappa shape index (κ3) is 3.70. The second kappa shape index (κ2) is 6.27. The highest BCUT2D eigenvalue weighted by Gasteiger charge is 2.36. The maximum atomic E-state index is 13.6. The average molecular weight is 310 g/mol. The highest BCUT2D eigenvalue weighted by Crippen LogP contribution is 2.30. The first-order valence-corrected chi connectivity index (χ1v) is 6.20. The van der Waals surface area contributed by atoms with E-state index in [4.69, 9.17) is 14.6 Å². The molecule has 0 aromatic heterocycles. The van der Waals surface area contributed by atoms with Crippen LogP contribution in [0.3, 0.4) is 0 Å². The van der Waals surface area contributed by atoms with Gasteiger partial charge < -0.3 is 19.7 Å². The van der Waals surface area contributed by atoms with E-state index in [0.717, 1.165) is 12.1 Å². The van der Waals surface area contributed by atoms with Crippen molar-refractivity contribution in [3.05, 3.63) is 35.1 Å². The molecule has 1 aliphatic heterocycles. The Morgan fingerprint density at radius 1 is 1.33 bits per heavy atom. The molecule has 0 amide bonds. The van der Waals surface area contributed by atoms with Crippen molar-refractivity contribution in [2.45, 2.75) is 31.1 Å². The molecule has 0 radical (unpaired) electrons. The van der Waals surface area contributed by atoms with Gasteiger partial charge >= 0.3 is 6.18 Å². The molecule has 21 heavy (non-hydrogen) atoms. The fourth-order valence-corrected chi connectivity index (χ4v) is 2.00. The molecule has 0 unspecified atom stereocenters. The van der Waals surface area contributed by atoms with Gasteiger partial charge in [-0.05, 0) is 12.1 Å². The molecule has 1 fully saturated rings. The molecule has 1 aromatic rings. The number of ether oxygens (including phenoxy) is 2. The van der Waals surface area contributed by atoms with Gasteiger partial charge in [0.25, 0.3) is 0 Å². The Hall–Kier alpha value is -1.22. The third-order valence-electron chi connectivity index (χ3n) is 3.25. The van der Waals surface area contributed by atoms with Gasteiger partial charge in [-0.25, -0.2) is 4.39 Å². The summed E-state index contributed by atoms with van der Waals surface area (Å²) in [6.45, 7) is -0.655. The van der Waals surface area contributed by atoms with Crippen LogP contribution in [0.1, 0.15) is 11.1 Å². The van der Waals surface area contributed by atoms with E-state index < -0.39 is 35.9 Å². The molecule has 1 aromatic carbocycles. The van der Waals surface area contributed by atoms with Crippen LogP contribution in [0, 0.1) is 5.82 Å². The molecule has 4 nitrogen and oxygen atoms in total. The normalized spacial score (nSPS) is 26.3. The van der Waals surface area contributed by atoms with Crippen molar-refractivity contribution in [2.24, 2.45) is 0 Å². The summed E-state index contributed by atoms with van der Waals surface area (Å²) < 4.78 is 61.0. The number of rotatable bonds is 4. The summed E-state index contributed by atoms with van der Waals surface area (Å²) >= 11 is 0. The Labute approximate surface area is 117 Å². The van der Waals surface area contributed by atoms with E-state index in [-0.39, 0.29) is 25.4 Å². The third-order valence-corrected chi connectivity index (χ3v) is 3.25. The molecule has 2 rings (SSSR count). The van der Waals surface area contributed by atoms with Gasteiger partial charge in [0, 0.05) is 5.56 Å². The largest absolute Gasteiger partial charge is 0.416 e. The predicted octanol–water partition coefficient (Wildman–Crippen LogP) is 1.48. The Kier molecular flexibility index (Phi) is 4.82. The van der Waals surface area contributed by atoms with Crippen molar-refractivity contribution in [3.63, 3.8) is 0 Å². The minimum absolute atomic E-state index is 0.0225. The minimum Gasteiger partial charge on any atom is -0.394 e. The second-order valence-electron chi connectivity index (χ2n) is 4.70. The van der Waals surface area contributed by atoms with Crippen molar-refractivity contribution in [1.82, 2.24) is 0 Å². The first-order valence-electron chi connectivity index (χ1n) is 6.20. The van der Waals surface area contributed by atoms with E-state index in [1.807, 2.05) is 0 Å². The molecular formula is C13H14F4O4. The van der Waals surface area contributed by atoms with Crippen LogP contribution in [0.15, 0.2) is 18.2 Å². The fourth-order valence-electron chi connectivity index (χ4n) is 2.00. The first kappa shape index (κ1) is 16.2. The predicted molar refractivity (Wildman–Crippen MR) is 62.8 cm³/mol. The van der Waals surface area contributed by atoms with E-state index in [2.05, 4.69) is 0 Å². The summed E-state index contributed by atoms with van der Waals surface area (Å²) in [6, 6.07) is 2.15. The average Bonchev–Trinajstić information content (AvgIpc) is 2.77. The summed E-state index contributed by atoms with van der Waals surface area (Å²) in [5.41, 5.74) is -1.13. The zero-order valence-electron chi connectivity index (χ0n) is 10.8. The molecule has 8 heteroatoms. The first-order chi connectivity index (χ1) is 9.82. The zero-order valence-corrected chi connectivity index (χ0v) is 10.8. The van der Waals surface area contributed by atoms with Gasteiger partial charge in [0.1, 0.15) is 24.1 Å². The monoisotopic (exact) mass is 310 g/mol. The Balaban J connectivity index is 1.98. The SMILES string of the molecule is OC[C@H]1OC[C@H](OCc2ccc(C(F)(F)F)cc2F)[C@@H]1O. The van der Waals surface area contributed by atoms with Crippen molar-refractivity contribution in [1.29, 1.82) is 0 Å². The molecule has 2 N–H and O–H groups in total. The zero-order chi connectivity index (χ0) is 15.6. The molecule has 0 aliphatic carbocycles. The minimum atomic E-state index is -4.61. The van der Waals surface area contributed by atoms with Gasteiger partial charge in [-0.15, -0.1) is 0 Å². The molecule has 1 saturated heterocycles. The summed E-state index contributed by atoms with van der Waals surface area (Å²) in [7, 11) is 0. The van der Waals surface area contributed by atoms with Crippen LogP contribution in [-0.4, -0.2) is 41.7 Å². The maximum Gasteiger partial charge on any atom is 0.416 e. The van der Waals surface area contributed by atoms with E-state index in [1.54, 1.807) is 0 Å². The van der Waals surface area contributed by atoms with Gasteiger partial charge in [-0.2, -0.15) is 13.2 Å². The summed E-state index contributed by atoms with van der Waals surface area (Å²) in [6.07, 6.45) is -7.20. The van der Waals surface area contributed by atoms with Crippen molar-refractivity contribution >= 4 is 0 Å². The lowest BCUT2D eigenvalue weighted by Gasteiger charge is -2.17. The number of hydrogen-bond acceptors (Lipinski definition) is 4. The van der Waals surface area contributed by atoms with Crippen LogP contribution in [0.25, 0.3) is 0 Å². The maximum absolute atomic E-state index is 13.6. The fraction of sp³-hybridized carbons (Fsp3) is 0.538. The van der Waals surface area contributed by atoms with Crippen LogP contribution in [0.4, 0.5) is 17.6 Å². The number of aliphatic hydroxyl groups excluding tert-OH is 2. The Bertz CT molecular complexity index is 492. The van der Waals surface area contributed by atoms with E-state index >= 15 is 0 Å². The summed E-state index contributed by atoms with van der Waals surface area (Å²) in [4.78, 5) is 0.